The first-order chi connectivity index (χ1) is 12.3. The summed E-state index contributed by atoms with van der Waals surface area (Å²) in [6.07, 6.45) is 2.02. The molecular weight excluding hydrogens is 323 g/mol. The Bertz CT molecular complexity index is 773. The average Bonchev–Trinajstić information content (AvgIpc) is 2.56. The van der Waals surface area contributed by atoms with Crippen LogP contribution in [0.5, 0.6) is 0 Å². The topological polar surface area (TPSA) is 24.4 Å². The van der Waals surface area contributed by atoms with Gasteiger partial charge in [-0.1, -0.05) is 45.9 Å². The molecule has 0 saturated carbocycles. The highest BCUT2D eigenvalue weighted by molar-refractivity contribution is 5.96. The molecule has 0 aliphatic heterocycles. The van der Waals surface area contributed by atoms with E-state index in [-0.39, 0.29) is 5.82 Å². The molecule has 0 atom stereocenters. The van der Waals surface area contributed by atoms with E-state index in [4.69, 9.17) is 4.99 Å². The van der Waals surface area contributed by atoms with Crippen LogP contribution >= 0.6 is 0 Å². The standard InChI is InChI=1S/C23H29FN2/c1-15(2)21-8-7-9-22(16(3)4)23(21)26-18(6)14-17(5)25-20-12-10-19(24)11-13-20/h7-16,25H,1-6H3/b17-14+,26-18?. The second-order valence-corrected chi connectivity index (χ2v) is 7.31. The van der Waals surface area contributed by atoms with Gasteiger partial charge in [-0.2, -0.15) is 0 Å². The van der Waals surface area contributed by atoms with Crippen molar-refractivity contribution >= 4 is 17.1 Å². The van der Waals surface area contributed by atoms with E-state index in [1.165, 1.54) is 23.3 Å². The van der Waals surface area contributed by atoms with E-state index in [0.717, 1.165) is 22.8 Å². The minimum Gasteiger partial charge on any atom is -0.359 e. The molecule has 3 heteroatoms. The number of halogens is 1. The molecule has 0 aromatic heterocycles. The molecule has 0 heterocycles. The average molecular weight is 352 g/mol. The van der Waals surface area contributed by atoms with Crippen LogP contribution in [0.15, 0.2) is 59.2 Å². The van der Waals surface area contributed by atoms with Crippen LogP contribution in [-0.2, 0) is 0 Å². The van der Waals surface area contributed by atoms with Gasteiger partial charge in [-0.3, -0.25) is 4.99 Å². The number of rotatable bonds is 6. The number of allylic oxidation sites excluding steroid dienone is 2. The van der Waals surface area contributed by atoms with Crippen LogP contribution in [0.3, 0.4) is 0 Å². The second kappa shape index (κ2) is 8.79. The van der Waals surface area contributed by atoms with E-state index in [1.54, 1.807) is 12.1 Å². The van der Waals surface area contributed by atoms with Gasteiger partial charge in [0.25, 0.3) is 0 Å². The van der Waals surface area contributed by atoms with E-state index >= 15 is 0 Å². The van der Waals surface area contributed by atoms with Gasteiger partial charge in [0.2, 0.25) is 0 Å². The summed E-state index contributed by atoms with van der Waals surface area (Å²) in [5, 5.41) is 3.27. The van der Waals surface area contributed by atoms with Crippen LogP contribution in [0, 0.1) is 5.82 Å². The fourth-order valence-corrected chi connectivity index (χ4v) is 2.96. The maximum absolute atomic E-state index is 13.0. The third kappa shape index (κ3) is 5.29. The zero-order valence-corrected chi connectivity index (χ0v) is 16.6. The molecule has 1 N–H and O–H groups in total. The normalized spacial score (nSPS) is 12.8. The summed E-state index contributed by atoms with van der Waals surface area (Å²) in [6, 6.07) is 12.8. The summed E-state index contributed by atoms with van der Waals surface area (Å²) in [7, 11) is 0. The predicted octanol–water partition coefficient (Wildman–Crippen LogP) is 7.18. The lowest BCUT2D eigenvalue weighted by atomic mass is 9.93. The lowest BCUT2D eigenvalue weighted by molar-refractivity contribution is 0.628. The largest absolute Gasteiger partial charge is 0.359 e. The minimum atomic E-state index is -0.235. The Kier molecular flexibility index (Phi) is 6.73. The number of nitrogens with one attached hydrogen (secondary N) is 1. The highest BCUT2D eigenvalue weighted by atomic mass is 19.1. The molecule has 0 bridgehead atoms. The summed E-state index contributed by atoms with van der Waals surface area (Å²) >= 11 is 0. The summed E-state index contributed by atoms with van der Waals surface area (Å²) in [4.78, 5) is 4.94. The van der Waals surface area contributed by atoms with Crippen molar-refractivity contribution in [2.75, 3.05) is 5.32 Å². The van der Waals surface area contributed by atoms with Crippen LogP contribution in [-0.4, -0.2) is 5.71 Å². The van der Waals surface area contributed by atoms with Crippen molar-refractivity contribution in [1.29, 1.82) is 0 Å². The van der Waals surface area contributed by atoms with E-state index in [1.807, 2.05) is 19.9 Å². The molecule has 2 nitrogen and oxygen atoms in total. The van der Waals surface area contributed by atoms with Gasteiger partial charge < -0.3 is 5.32 Å². The Morgan fingerprint density at radius 2 is 1.46 bits per heavy atom. The first-order valence-electron chi connectivity index (χ1n) is 9.17. The van der Waals surface area contributed by atoms with Crippen molar-refractivity contribution in [3.8, 4) is 0 Å². The third-order valence-corrected chi connectivity index (χ3v) is 4.24. The molecule has 0 saturated heterocycles. The lowest BCUT2D eigenvalue weighted by Gasteiger charge is -2.17. The Morgan fingerprint density at radius 1 is 0.923 bits per heavy atom. The molecule has 0 unspecified atom stereocenters. The zero-order chi connectivity index (χ0) is 19.3. The van der Waals surface area contributed by atoms with Crippen molar-refractivity contribution in [3.05, 3.63) is 71.2 Å². The quantitative estimate of drug-likeness (QED) is 0.547. The number of para-hydroxylation sites is 1. The maximum Gasteiger partial charge on any atom is 0.123 e. The van der Waals surface area contributed by atoms with Crippen molar-refractivity contribution in [3.63, 3.8) is 0 Å². The number of hydrogen-bond donors (Lipinski definition) is 1. The molecule has 0 aliphatic rings. The first-order valence-corrected chi connectivity index (χ1v) is 9.17. The molecular formula is C23H29FN2. The summed E-state index contributed by atoms with van der Waals surface area (Å²) < 4.78 is 13.0. The SMILES string of the molecule is CC(/C=C(\C)Nc1ccc(F)cc1)=Nc1c(C(C)C)cccc1C(C)C. The second-order valence-electron chi connectivity index (χ2n) is 7.31. The number of hydrogen-bond acceptors (Lipinski definition) is 2. The molecule has 0 amide bonds. The van der Waals surface area contributed by atoms with Crippen LogP contribution in [0.4, 0.5) is 15.8 Å². The first kappa shape index (κ1) is 19.9. The van der Waals surface area contributed by atoms with Gasteiger partial charge in [-0.15, -0.1) is 0 Å². The molecule has 2 rings (SSSR count). The van der Waals surface area contributed by atoms with Crippen molar-refractivity contribution < 1.29 is 4.39 Å². The molecule has 0 radical (unpaired) electrons. The van der Waals surface area contributed by atoms with E-state index in [9.17, 15) is 4.39 Å². The highest BCUT2D eigenvalue weighted by Gasteiger charge is 2.13. The number of anilines is 1. The molecule has 0 fully saturated rings. The van der Waals surface area contributed by atoms with Crippen LogP contribution in [0.1, 0.15) is 64.5 Å². The molecule has 0 aliphatic carbocycles. The van der Waals surface area contributed by atoms with Crippen LogP contribution in [0.25, 0.3) is 0 Å². The monoisotopic (exact) mass is 352 g/mol. The number of benzene rings is 2. The van der Waals surface area contributed by atoms with E-state index in [2.05, 4.69) is 51.2 Å². The molecule has 2 aromatic rings. The highest BCUT2D eigenvalue weighted by Crippen LogP contribution is 2.34. The van der Waals surface area contributed by atoms with Crippen LogP contribution < -0.4 is 5.32 Å². The Hall–Kier alpha value is -2.42. The van der Waals surface area contributed by atoms with Gasteiger partial charge in [-0.25, -0.2) is 4.39 Å². The van der Waals surface area contributed by atoms with E-state index in [0.29, 0.717) is 11.8 Å². The van der Waals surface area contributed by atoms with Gasteiger partial charge in [0.1, 0.15) is 5.82 Å². The Balaban J connectivity index is 2.32. The summed E-state index contributed by atoms with van der Waals surface area (Å²) in [6.45, 7) is 12.8. The number of nitrogens with zero attached hydrogens (tertiary/aromatic N) is 1. The van der Waals surface area contributed by atoms with Gasteiger partial charge in [0, 0.05) is 17.1 Å². The fraction of sp³-hybridized carbons (Fsp3) is 0.348. The summed E-state index contributed by atoms with van der Waals surface area (Å²) in [5.41, 5.74) is 6.39. The smallest absolute Gasteiger partial charge is 0.123 e. The number of aliphatic imine (C=N–C) groups is 1. The maximum atomic E-state index is 13.0. The molecule has 138 valence electrons. The fourth-order valence-electron chi connectivity index (χ4n) is 2.96. The van der Waals surface area contributed by atoms with Gasteiger partial charge in [0.15, 0.2) is 0 Å². The zero-order valence-electron chi connectivity index (χ0n) is 16.6. The Morgan fingerprint density at radius 3 is 1.96 bits per heavy atom. The predicted molar refractivity (Wildman–Crippen MR) is 111 cm³/mol. The van der Waals surface area contributed by atoms with Crippen molar-refractivity contribution in [2.24, 2.45) is 4.99 Å². The van der Waals surface area contributed by atoms with Gasteiger partial charge >= 0.3 is 0 Å². The van der Waals surface area contributed by atoms with Gasteiger partial charge in [0.05, 0.1) is 5.69 Å². The third-order valence-electron chi connectivity index (χ3n) is 4.24. The van der Waals surface area contributed by atoms with Crippen molar-refractivity contribution in [1.82, 2.24) is 0 Å². The minimum absolute atomic E-state index is 0.235. The molecule has 26 heavy (non-hydrogen) atoms. The molecule has 0 spiro atoms. The van der Waals surface area contributed by atoms with E-state index < -0.39 is 0 Å². The lowest BCUT2D eigenvalue weighted by Crippen LogP contribution is -2.00. The van der Waals surface area contributed by atoms with Crippen molar-refractivity contribution in [2.45, 2.75) is 53.4 Å². The molecule has 2 aromatic carbocycles. The Labute approximate surface area is 156 Å². The van der Waals surface area contributed by atoms with Gasteiger partial charge in [-0.05, 0) is 67.2 Å². The summed E-state index contributed by atoms with van der Waals surface area (Å²) in [5.74, 6) is 0.603. The van der Waals surface area contributed by atoms with Crippen LogP contribution in [0.2, 0.25) is 0 Å².